The summed E-state index contributed by atoms with van der Waals surface area (Å²) in [5.74, 6) is -0.500. The second-order valence-electron chi connectivity index (χ2n) is 5.29. The number of benzene rings is 1. The molecular formula is C15H22BrF2N. The van der Waals surface area contributed by atoms with E-state index >= 15 is 0 Å². The van der Waals surface area contributed by atoms with E-state index in [4.69, 9.17) is 0 Å². The molecule has 0 aliphatic carbocycles. The van der Waals surface area contributed by atoms with Gasteiger partial charge >= 0.3 is 0 Å². The zero-order chi connectivity index (χ0) is 14.6. The first-order valence-electron chi connectivity index (χ1n) is 6.76. The number of rotatable bonds is 6. The molecule has 19 heavy (non-hydrogen) atoms. The minimum absolute atomic E-state index is 0.143. The number of nitrogens with one attached hydrogen (secondary N) is 1. The second-order valence-corrected chi connectivity index (χ2v) is 6.15. The normalized spacial score (nSPS) is 14.7. The van der Waals surface area contributed by atoms with E-state index in [2.05, 4.69) is 35.1 Å². The van der Waals surface area contributed by atoms with Crippen LogP contribution < -0.4 is 5.32 Å². The van der Waals surface area contributed by atoms with Crippen LogP contribution >= 0.6 is 15.9 Å². The zero-order valence-electron chi connectivity index (χ0n) is 11.9. The minimum atomic E-state index is -0.499. The van der Waals surface area contributed by atoms with Crippen LogP contribution in [-0.4, -0.2) is 6.54 Å². The number of hydrogen-bond acceptors (Lipinski definition) is 1. The smallest absolute Gasteiger partial charge is 0.145 e. The first-order chi connectivity index (χ1) is 8.90. The standard InChI is InChI=1S/C15H22BrF2N/c1-5-8-19-15(10(4)9(2)3)13-12(17)7-6-11(16)14(13)18/h6-7,9-10,15,19H,5,8H2,1-4H3. The molecule has 0 fully saturated rings. The lowest BCUT2D eigenvalue weighted by Crippen LogP contribution is -2.31. The van der Waals surface area contributed by atoms with E-state index in [0.717, 1.165) is 13.0 Å². The van der Waals surface area contributed by atoms with Crippen LogP contribution in [0.2, 0.25) is 0 Å². The maximum Gasteiger partial charge on any atom is 0.145 e. The van der Waals surface area contributed by atoms with Crippen molar-refractivity contribution in [2.24, 2.45) is 11.8 Å². The van der Waals surface area contributed by atoms with Gasteiger partial charge in [-0.05, 0) is 52.9 Å². The third-order valence-electron chi connectivity index (χ3n) is 3.58. The summed E-state index contributed by atoms with van der Waals surface area (Å²) in [7, 11) is 0. The molecule has 0 heterocycles. The molecule has 1 aromatic carbocycles. The molecule has 0 bridgehead atoms. The molecule has 1 aromatic rings. The van der Waals surface area contributed by atoms with Gasteiger partial charge in [-0.25, -0.2) is 8.78 Å². The summed E-state index contributed by atoms with van der Waals surface area (Å²) >= 11 is 3.13. The van der Waals surface area contributed by atoms with E-state index in [9.17, 15) is 8.78 Å². The fourth-order valence-corrected chi connectivity index (χ4v) is 2.41. The zero-order valence-corrected chi connectivity index (χ0v) is 13.5. The molecule has 0 aromatic heterocycles. The Hall–Kier alpha value is -0.480. The van der Waals surface area contributed by atoms with E-state index in [1.165, 1.54) is 12.1 Å². The summed E-state index contributed by atoms with van der Waals surface area (Å²) in [6.07, 6.45) is 0.929. The first kappa shape index (κ1) is 16.6. The Morgan fingerprint density at radius 2 is 1.84 bits per heavy atom. The van der Waals surface area contributed by atoms with Crippen molar-refractivity contribution in [3.8, 4) is 0 Å². The number of halogens is 3. The molecule has 0 aliphatic heterocycles. The number of hydrogen-bond donors (Lipinski definition) is 1. The van der Waals surface area contributed by atoms with Gasteiger partial charge in [-0.2, -0.15) is 0 Å². The molecule has 0 saturated heterocycles. The fraction of sp³-hybridized carbons (Fsp3) is 0.600. The lowest BCUT2D eigenvalue weighted by molar-refractivity contribution is 0.290. The minimum Gasteiger partial charge on any atom is -0.310 e. The summed E-state index contributed by atoms with van der Waals surface area (Å²) in [4.78, 5) is 0. The van der Waals surface area contributed by atoms with E-state index in [1.807, 2.05) is 13.8 Å². The molecule has 0 radical (unpaired) electrons. The van der Waals surface area contributed by atoms with Gasteiger partial charge < -0.3 is 5.32 Å². The monoisotopic (exact) mass is 333 g/mol. The van der Waals surface area contributed by atoms with Gasteiger partial charge in [0.25, 0.3) is 0 Å². The van der Waals surface area contributed by atoms with E-state index in [1.54, 1.807) is 0 Å². The van der Waals surface area contributed by atoms with Crippen LogP contribution in [0.5, 0.6) is 0 Å². The van der Waals surface area contributed by atoms with Crippen LogP contribution in [0.1, 0.15) is 45.7 Å². The summed E-state index contributed by atoms with van der Waals surface area (Å²) < 4.78 is 28.6. The van der Waals surface area contributed by atoms with Crippen molar-refractivity contribution in [3.63, 3.8) is 0 Å². The molecule has 0 saturated carbocycles. The topological polar surface area (TPSA) is 12.0 Å². The van der Waals surface area contributed by atoms with Gasteiger partial charge in [0.05, 0.1) is 4.47 Å². The molecule has 0 aliphatic rings. The molecule has 1 rings (SSSR count). The molecule has 1 nitrogen and oxygen atoms in total. The first-order valence-corrected chi connectivity index (χ1v) is 7.56. The highest BCUT2D eigenvalue weighted by Crippen LogP contribution is 2.33. The Kier molecular flexibility index (Phi) is 6.40. The maximum atomic E-state index is 14.2. The largest absolute Gasteiger partial charge is 0.310 e. The average molecular weight is 334 g/mol. The Morgan fingerprint density at radius 3 is 2.37 bits per heavy atom. The Labute approximate surface area is 122 Å². The van der Waals surface area contributed by atoms with Gasteiger partial charge in [-0.15, -0.1) is 0 Å². The van der Waals surface area contributed by atoms with Crippen LogP contribution in [-0.2, 0) is 0 Å². The van der Waals surface area contributed by atoms with Gasteiger partial charge in [0.15, 0.2) is 0 Å². The van der Waals surface area contributed by atoms with Gasteiger partial charge in [0.1, 0.15) is 11.6 Å². The molecule has 108 valence electrons. The maximum absolute atomic E-state index is 14.2. The van der Waals surface area contributed by atoms with Gasteiger partial charge in [-0.3, -0.25) is 0 Å². The molecule has 2 atom stereocenters. The molecular weight excluding hydrogens is 312 g/mol. The van der Waals surface area contributed by atoms with Crippen molar-refractivity contribution in [1.29, 1.82) is 0 Å². The SMILES string of the molecule is CCCNC(c1c(F)ccc(Br)c1F)C(C)C(C)C. The highest BCUT2D eigenvalue weighted by Gasteiger charge is 2.27. The molecule has 0 spiro atoms. The van der Waals surface area contributed by atoms with Crippen LogP contribution in [0.3, 0.4) is 0 Å². The van der Waals surface area contributed by atoms with Crippen molar-refractivity contribution in [1.82, 2.24) is 5.32 Å². The Balaban J connectivity index is 3.20. The van der Waals surface area contributed by atoms with Crippen LogP contribution in [0.4, 0.5) is 8.78 Å². The molecule has 0 amide bonds. The van der Waals surface area contributed by atoms with Gasteiger partial charge in [-0.1, -0.05) is 27.7 Å². The van der Waals surface area contributed by atoms with Gasteiger partial charge in [0, 0.05) is 11.6 Å². The molecule has 2 unspecified atom stereocenters. The molecule has 4 heteroatoms. The van der Waals surface area contributed by atoms with E-state index < -0.39 is 11.6 Å². The fourth-order valence-electron chi connectivity index (χ4n) is 2.06. The third-order valence-corrected chi connectivity index (χ3v) is 4.19. The van der Waals surface area contributed by atoms with Crippen LogP contribution in [0.25, 0.3) is 0 Å². The highest BCUT2D eigenvalue weighted by atomic mass is 79.9. The van der Waals surface area contributed by atoms with Crippen molar-refractivity contribution in [3.05, 3.63) is 33.8 Å². The lowest BCUT2D eigenvalue weighted by Gasteiger charge is -2.29. The predicted octanol–water partition coefficient (Wildman–Crippen LogP) is 5.06. The van der Waals surface area contributed by atoms with Crippen molar-refractivity contribution >= 4 is 15.9 Å². The second kappa shape index (κ2) is 7.34. The summed E-state index contributed by atoms with van der Waals surface area (Å²) in [5, 5.41) is 3.27. The third kappa shape index (κ3) is 3.99. The lowest BCUT2D eigenvalue weighted by atomic mass is 9.85. The summed E-state index contributed by atoms with van der Waals surface area (Å²) in [5.41, 5.74) is 0.143. The van der Waals surface area contributed by atoms with Crippen molar-refractivity contribution in [2.45, 2.75) is 40.2 Å². The summed E-state index contributed by atoms with van der Waals surface area (Å²) in [6, 6.07) is 2.42. The van der Waals surface area contributed by atoms with Crippen LogP contribution in [0, 0.1) is 23.5 Å². The predicted molar refractivity (Wildman–Crippen MR) is 79.1 cm³/mol. The average Bonchev–Trinajstić information content (AvgIpc) is 2.37. The van der Waals surface area contributed by atoms with Gasteiger partial charge in [0.2, 0.25) is 0 Å². The summed E-state index contributed by atoms with van der Waals surface area (Å²) in [6.45, 7) is 8.95. The molecule has 1 N–H and O–H groups in total. The Morgan fingerprint density at radius 1 is 1.21 bits per heavy atom. The van der Waals surface area contributed by atoms with Crippen molar-refractivity contribution in [2.75, 3.05) is 6.54 Å². The van der Waals surface area contributed by atoms with E-state index in [-0.39, 0.29) is 17.5 Å². The van der Waals surface area contributed by atoms with Crippen LogP contribution in [0.15, 0.2) is 16.6 Å². The highest BCUT2D eigenvalue weighted by molar-refractivity contribution is 9.10. The van der Waals surface area contributed by atoms with Crippen molar-refractivity contribution < 1.29 is 8.78 Å². The quantitative estimate of drug-likeness (QED) is 0.717. The van der Waals surface area contributed by atoms with E-state index in [0.29, 0.717) is 10.4 Å². The Bertz CT molecular complexity index is 421.